The molecule has 1 aliphatic heterocycles. The highest BCUT2D eigenvalue weighted by Gasteiger charge is 2.23. The van der Waals surface area contributed by atoms with Crippen molar-refractivity contribution in [1.29, 1.82) is 0 Å². The summed E-state index contributed by atoms with van der Waals surface area (Å²) < 4.78 is 6.05. The van der Waals surface area contributed by atoms with E-state index in [4.69, 9.17) is 14.7 Å². The second-order valence-electron chi connectivity index (χ2n) is 7.25. The van der Waals surface area contributed by atoms with Crippen LogP contribution in [-0.2, 0) is 0 Å². The Bertz CT molecular complexity index is 1020. The first-order chi connectivity index (χ1) is 15.7. The molecule has 0 bridgehead atoms. The normalized spacial score (nSPS) is 13.9. The number of nitrogens with zero attached hydrogens (tertiary/aromatic N) is 4. The molecule has 32 heavy (non-hydrogen) atoms. The largest absolute Gasteiger partial charge is 0.487 e. The maximum absolute atomic E-state index is 6.05. The van der Waals surface area contributed by atoms with E-state index >= 15 is 0 Å². The van der Waals surface area contributed by atoms with E-state index < -0.39 is 0 Å². The van der Waals surface area contributed by atoms with Gasteiger partial charge in [-0.3, -0.25) is 5.10 Å². The van der Waals surface area contributed by atoms with Crippen molar-refractivity contribution < 1.29 is 4.74 Å². The molecule has 8 nitrogen and oxygen atoms in total. The van der Waals surface area contributed by atoms with Crippen LogP contribution in [0.2, 0.25) is 0 Å². The fourth-order valence-corrected chi connectivity index (χ4v) is 4.81. The molecule has 4 rings (SSSR count). The molecule has 3 aromatic rings. The van der Waals surface area contributed by atoms with Gasteiger partial charge in [-0.25, -0.2) is 9.97 Å². The van der Waals surface area contributed by atoms with E-state index in [1.807, 2.05) is 31.7 Å². The van der Waals surface area contributed by atoms with Crippen molar-refractivity contribution in [2.24, 2.45) is 0 Å². The van der Waals surface area contributed by atoms with E-state index in [0.717, 1.165) is 48.3 Å². The van der Waals surface area contributed by atoms with Gasteiger partial charge in [0.1, 0.15) is 0 Å². The predicted molar refractivity (Wildman–Crippen MR) is 132 cm³/mol. The summed E-state index contributed by atoms with van der Waals surface area (Å²) in [5.74, 6) is 3.87. The van der Waals surface area contributed by atoms with Crippen molar-refractivity contribution in [3.63, 3.8) is 0 Å². The highest BCUT2D eigenvalue weighted by molar-refractivity contribution is 7.99. The van der Waals surface area contributed by atoms with Crippen molar-refractivity contribution >= 4 is 41.0 Å². The summed E-state index contributed by atoms with van der Waals surface area (Å²) in [6.07, 6.45) is 0. The van der Waals surface area contributed by atoms with Crippen LogP contribution in [0.3, 0.4) is 0 Å². The molecular formula is C22H29N7OS2. The van der Waals surface area contributed by atoms with E-state index in [9.17, 15) is 0 Å². The van der Waals surface area contributed by atoms with Gasteiger partial charge >= 0.3 is 0 Å². The van der Waals surface area contributed by atoms with Gasteiger partial charge < -0.3 is 20.3 Å². The molecule has 1 aliphatic rings. The fraction of sp³-hybridized carbons (Fsp3) is 0.409. The third-order valence-corrected chi connectivity index (χ3v) is 6.60. The summed E-state index contributed by atoms with van der Waals surface area (Å²) in [5.41, 5.74) is 0.974. The number of anilines is 3. The van der Waals surface area contributed by atoms with Crippen molar-refractivity contribution in [2.45, 2.75) is 35.7 Å². The van der Waals surface area contributed by atoms with Gasteiger partial charge in [0.2, 0.25) is 5.75 Å². The monoisotopic (exact) mass is 471 g/mol. The zero-order valence-electron chi connectivity index (χ0n) is 18.6. The third-order valence-electron chi connectivity index (χ3n) is 4.83. The summed E-state index contributed by atoms with van der Waals surface area (Å²) in [6.45, 7) is 10.2. The van der Waals surface area contributed by atoms with Gasteiger partial charge in [0.25, 0.3) is 0 Å². The highest BCUT2D eigenvalue weighted by atomic mass is 32.2. The molecule has 0 amide bonds. The Morgan fingerprint density at radius 2 is 1.84 bits per heavy atom. The van der Waals surface area contributed by atoms with Crippen LogP contribution < -0.4 is 20.3 Å². The molecular weight excluding hydrogens is 442 g/mol. The van der Waals surface area contributed by atoms with Crippen LogP contribution in [-0.4, -0.2) is 58.7 Å². The van der Waals surface area contributed by atoms with Crippen molar-refractivity contribution in [3.05, 3.63) is 36.0 Å². The number of rotatable bonds is 9. The van der Waals surface area contributed by atoms with Gasteiger partial charge in [-0.15, -0.1) is 11.8 Å². The maximum Gasteiger partial charge on any atom is 0.205 e. The number of benzene rings is 1. The Balaban J connectivity index is 1.70. The number of hydrogen-bond acceptors (Lipinski definition) is 9. The molecule has 0 spiro atoms. The molecule has 1 fully saturated rings. The molecule has 0 radical (unpaired) electrons. The first-order valence-electron chi connectivity index (χ1n) is 10.9. The third kappa shape index (κ3) is 5.67. The molecule has 3 heterocycles. The molecule has 0 atom stereocenters. The van der Waals surface area contributed by atoms with Crippen LogP contribution in [0.5, 0.6) is 5.75 Å². The summed E-state index contributed by atoms with van der Waals surface area (Å²) in [7, 11) is 0. The molecule has 10 heteroatoms. The number of piperazine rings is 1. The topological polar surface area (TPSA) is 91.0 Å². The van der Waals surface area contributed by atoms with Gasteiger partial charge in [0.15, 0.2) is 22.6 Å². The minimum Gasteiger partial charge on any atom is -0.487 e. The first kappa shape index (κ1) is 22.8. The zero-order chi connectivity index (χ0) is 22.3. The molecule has 170 valence electrons. The number of H-pyrrole nitrogens is 1. The summed E-state index contributed by atoms with van der Waals surface area (Å²) in [4.78, 5) is 14.4. The van der Waals surface area contributed by atoms with Crippen LogP contribution in [0.4, 0.5) is 17.5 Å². The van der Waals surface area contributed by atoms with Crippen LogP contribution in [0.15, 0.2) is 45.3 Å². The minimum absolute atomic E-state index is 0.528. The SMILES string of the molecule is CCOc1c(Nc2cc(C)[nH]n2)nc(Sc2ccc(SCC)cc2)nc1N1CCNCC1. The number of ether oxygens (including phenoxy) is 1. The molecule has 1 saturated heterocycles. The second-order valence-corrected chi connectivity index (χ2v) is 9.62. The van der Waals surface area contributed by atoms with Crippen LogP contribution >= 0.6 is 23.5 Å². The Hall–Kier alpha value is -2.43. The summed E-state index contributed by atoms with van der Waals surface area (Å²) in [5, 5.41) is 14.7. The molecule has 2 aromatic heterocycles. The quantitative estimate of drug-likeness (QED) is 0.312. The lowest BCUT2D eigenvalue weighted by Gasteiger charge is -2.30. The average Bonchev–Trinajstić information content (AvgIpc) is 3.22. The van der Waals surface area contributed by atoms with Gasteiger partial charge in [0, 0.05) is 47.7 Å². The zero-order valence-corrected chi connectivity index (χ0v) is 20.3. The molecule has 0 aliphatic carbocycles. The van der Waals surface area contributed by atoms with Gasteiger partial charge in [-0.1, -0.05) is 6.92 Å². The summed E-state index contributed by atoms with van der Waals surface area (Å²) >= 11 is 3.39. The molecule has 0 unspecified atom stereocenters. The second kappa shape index (κ2) is 10.9. The van der Waals surface area contributed by atoms with E-state index in [-0.39, 0.29) is 0 Å². The number of thioether (sulfide) groups is 1. The van der Waals surface area contributed by atoms with Crippen molar-refractivity contribution in [1.82, 2.24) is 25.5 Å². The lowest BCUT2D eigenvalue weighted by Crippen LogP contribution is -2.44. The fourth-order valence-electron chi connectivity index (χ4n) is 3.40. The Morgan fingerprint density at radius 3 is 2.50 bits per heavy atom. The molecule has 1 aromatic carbocycles. The lowest BCUT2D eigenvalue weighted by molar-refractivity contribution is 0.338. The van der Waals surface area contributed by atoms with Crippen LogP contribution in [0.25, 0.3) is 0 Å². The number of hydrogen-bond donors (Lipinski definition) is 3. The minimum atomic E-state index is 0.528. The Morgan fingerprint density at radius 1 is 1.09 bits per heavy atom. The Labute approximate surface area is 197 Å². The smallest absolute Gasteiger partial charge is 0.205 e. The van der Waals surface area contributed by atoms with Crippen molar-refractivity contribution in [2.75, 3.05) is 48.8 Å². The number of aromatic amines is 1. The summed E-state index contributed by atoms with van der Waals surface area (Å²) in [6, 6.07) is 10.5. The average molecular weight is 472 g/mol. The van der Waals surface area contributed by atoms with E-state index in [1.165, 1.54) is 4.90 Å². The van der Waals surface area contributed by atoms with Gasteiger partial charge in [0.05, 0.1) is 6.61 Å². The maximum atomic E-state index is 6.05. The lowest BCUT2D eigenvalue weighted by atomic mass is 10.3. The van der Waals surface area contributed by atoms with Gasteiger partial charge in [-0.05, 0) is 55.6 Å². The standard InChI is InChI=1S/C22H29N7OS2/c1-4-30-19-20(24-18-14-15(3)27-28-18)25-22(26-21(19)29-12-10-23-11-13-29)32-17-8-6-16(7-9-17)31-5-2/h6-9,14,23H,4-5,10-13H2,1-3H3,(H2,24,25,26,27,28). The highest BCUT2D eigenvalue weighted by Crippen LogP contribution is 2.38. The van der Waals surface area contributed by atoms with E-state index in [0.29, 0.717) is 29.1 Å². The van der Waals surface area contributed by atoms with Gasteiger partial charge in [-0.2, -0.15) is 5.10 Å². The Kier molecular flexibility index (Phi) is 7.77. The molecule has 3 N–H and O–H groups in total. The number of aryl methyl sites for hydroxylation is 1. The van der Waals surface area contributed by atoms with E-state index in [2.05, 4.69) is 56.9 Å². The number of nitrogens with one attached hydrogen (secondary N) is 3. The predicted octanol–water partition coefficient (Wildman–Crippen LogP) is 4.32. The molecule has 0 saturated carbocycles. The van der Waals surface area contributed by atoms with Crippen LogP contribution in [0, 0.1) is 6.92 Å². The van der Waals surface area contributed by atoms with E-state index in [1.54, 1.807) is 11.8 Å². The van der Waals surface area contributed by atoms with Crippen molar-refractivity contribution in [3.8, 4) is 5.75 Å². The first-order valence-corrected chi connectivity index (χ1v) is 12.7. The number of aromatic nitrogens is 4. The van der Waals surface area contributed by atoms with Crippen LogP contribution in [0.1, 0.15) is 19.5 Å².